The van der Waals surface area contributed by atoms with Gasteiger partial charge >= 0.3 is 0 Å². The van der Waals surface area contributed by atoms with E-state index in [0.717, 1.165) is 38.1 Å². The second-order valence-electron chi connectivity index (χ2n) is 10.9. The largest absolute Gasteiger partial charge is 0.618 e. The first kappa shape index (κ1) is 30.6. The summed E-state index contributed by atoms with van der Waals surface area (Å²) < 4.78 is 13.9. The van der Waals surface area contributed by atoms with Gasteiger partial charge in [-0.1, -0.05) is 90.6 Å². The van der Waals surface area contributed by atoms with Crippen LogP contribution in [0.5, 0.6) is 0 Å². The molecule has 1 saturated heterocycles. The van der Waals surface area contributed by atoms with Gasteiger partial charge in [0.15, 0.2) is 12.5 Å². The summed E-state index contributed by atoms with van der Waals surface area (Å²) in [5.74, 6) is 0.480. The van der Waals surface area contributed by atoms with Crippen molar-refractivity contribution in [1.82, 2.24) is 5.32 Å². The third-order valence-corrected chi connectivity index (χ3v) is 8.88. The molecule has 1 aliphatic heterocycles. The molecule has 0 spiro atoms. The highest BCUT2D eigenvalue weighted by molar-refractivity contribution is 7.99. The molecule has 6 rings (SSSR count). The van der Waals surface area contributed by atoms with Crippen molar-refractivity contribution in [1.29, 1.82) is 0 Å². The van der Waals surface area contributed by atoms with Gasteiger partial charge in [0.1, 0.15) is 0 Å². The van der Waals surface area contributed by atoms with Crippen molar-refractivity contribution in [2.75, 3.05) is 5.75 Å². The van der Waals surface area contributed by atoms with Crippen LogP contribution >= 0.6 is 11.8 Å². The lowest BCUT2D eigenvalue weighted by Gasteiger charge is -2.36. The Kier molecular flexibility index (Phi) is 9.87. The Bertz CT molecular complexity index is 1730. The van der Waals surface area contributed by atoms with Crippen LogP contribution in [-0.4, -0.2) is 22.9 Å². The number of pyridine rings is 1. The number of ether oxygens (including phenoxy) is 2. The zero-order valence-corrected chi connectivity index (χ0v) is 25.4. The maximum absolute atomic E-state index is 12.6. The monoisotopic (exact) mass is 618 g/mol. The Hall–Kier alpha value is -4.47. The molecule has 1 fully saturated rings. The average Bonchev–Trinajstić information content (AvgIpc) is 3.10. The van der Waals surface area contributed by atoms with E-state index in [9.17, 15) is 15.1 Å². The summed E-state index contributed by atoms with van der Waals surface area (Å²) in [4.78, 5) is 12.6. The molecule has 0 bridgehead atoms. The summed E-state index contributed by atoms with van der Waals surface area (Å²) in [5, 5.41) is 25.4. The van der Waals surface area contributed by atoms with Gasteiger partial charge in [-0.2, -0.15) is 4.73 Å². The van der Waals surface area contributed by atoms with Crippen molar-refractivity contribution in [3.8, 4) is 11.1 Å². The standard InChI is InChI=1S/C37H34N2O5S/c40-24-26-15-17-28(18-16-26)34-22-33(25-45-35-14-4-5-19-39(35)42)43-37(44-34)32-13-7-12-31(21-32)30-11-6-8-27(20-30)23-38-36(41)29-9-2-1-3-10-29/h1-21,33-34,37,40H,22-25H2,(H,38,41)/t33-,34+,37+/m0/s1. The van der Waals surface area contributed by atoms with Gasteiger partial charge in [-0.05, 0) is 58.1 Å². The number of hydrogen-bond acceptors (Lipinski definition) is 6. The first-order chi connectivity index (χ1) is 22.1. The predicted octanol–water partition coefficient (Wildman–Crippen LogP) is 6.75. The van der Waals surface area contributed by atoms with E-state index in [1.807, 2.05) is 84.9 Å². The number of carbonyl (C=O) groups is 1. The first-order valence-corrected chi connectivity index (χ1v) is 15.9. The van der Waals surface area contributed by atoms with E-state index in [0.29, 0.717) is 29.3 Å². The third-order valence-electron chi connectivity index (χ3n) is 7.73. The summed E-state index contributed by atoms with van der Waals surface area (Å²) in [5.41, 5.74) is 6.39. The lowest BCUT2D eigenvalue weighted by atomic mass is 9.99. The number of aliphatic hydroxyl groups is 1. The van der Waals surface area contributed by atoms with Crippen molar-refractivity contribution < 1.29 is 24.1 Å². The summed E-state index contributed by atoms with van der Waals surface area (Å²) in [6, 6.07) is 38.6. The van der Waals surface area contributed by atoms with E-state index < -0.39 is 6.29 Å². The number of benzene rings is 4. The molecule has 1 amide bonds. The number of hydrogen-bond donors (Lipinski definition) is 2. The zero-order chi connectivity index (χ0) is 31.0. The molecule has 0 aliphatic carbocycles. The quantitative estimate of drug-likeness (QED) is 0.102. The molecule has 7 nitrogen and oxygen atoms in total. The van der Waals surface area contributed by atoms with Crippen molar-refractivity contribution >= 4 is 17.7 Å². The highest BCUT2D eigenvalue weighted by atomic mass is 32.2. The molecule has 1 aromatic heterocycles. The Morgan fingerprint density at radius 1 is 0.822 bits per heavy atom. The Balaban J connectivity index is 1.20. The molecule has 228 valence electrons. The van der Waals surface area contributed by atoms with Crippen molar-refractivity contribution in [3.63, 3.8) is 0 Å². The van der Waals surface area contributed by atoms with E-state index in [1.165, 1.54) is 18.0 Å². The number of nitrogens with one attached hydrogen (secondary N) is 1. The van der Waals surface area contributed by atoms with E-state index >= 15 is 0 Å². The van der Waals surface area contributed by atoms with Crippen LogP contribution in [0.4, 0.5) is 0 Å². The molecule has 0 radical (unpaired) electrons. The minimum Gasteiger partial charge on any atom is -0.618 e. The normalized spacial score (nSPS) is 17.9. The molecule has 8 heteroatoms. The fourth-order valence-corrected chi connectivity index (χ4v) is 6.26. The van der Waals surface area contributed by atoms with Gasteiger partial charge in [0.2, 0.25) is 0 Å². The Labute approximate surface area is 267 Å². The van der Waals surface area contributed by atoms with E-state index in [2.05, 4.69) is 23.5 Å². The van der Waals surface area contributed by atoms with Gasteiger partial charge < -0.3 is 25.1 Å². The molecular weight excluding hydrogens is 584 g/mol. The van der Waals surface area contributed by atoms with E-state index in [-0.39, 0.29) is 24.7 Å². The Morgan fingerprint density at radius 2 is 1.58 bits per heavy atom. The van der Waals surface area contributed by atoms with Gasteiger partial charge in [-0.3, -0.25) is 4.79 Å². The third kappa shape index (κ3) is 7.79. The molecule has 5 aromatic rings. The van der Waals surface area contributed by atoms with Crippen molar-refractivity contribution in [2.45, 2.75) is 43.1 Å². The number of aromatic nitrogens is 1. The predicted molar refractivity (Wildman–Crippen MR) is 174 cm³/mol. The van der Waals surface area contributed by atoms with Gasteiger partial charge in [-0.25, -0.2) is 0 Å². The van der Waals surface area contributed by atoms with Crippen LogP contribution in [0.3, 0.4) is 0 Å². The smallest absolute Gasteiger partial charge is 0.251 e. The molecule has 2 N–H and O–H groups in total. The summed E-state index contributed by atoms with van der Waals surface area (Å²) in [7, 11) is 0. The van der Waals surface area contributed by atoms with E-state index in [1.54, 1.807) is 18.2 Å². The number of rotatable bonds is 10. The number of nitrogens with zero attached hydrogens (tertiary/aromatic N) is 1. The van der Waals surface area contributed by atoms with Crippen molar-refractivity contribution in [2.24, 2.45) is 0 Å². The summed E-state index contributed by atoms with van der Waals surface area (Å²) in [6.45, 7) is 0.396. The van der Waals surface area contributed by atoms with Crippen LogP contribution in [-0.2, 0) is 22.6 Å². The number of amides is 1. The molecule has 1 aliphatic rings. The SMILES string of the molecule is O=C(NCc1cccc(-c2cccc([C@@H]3O[C@H](CSc4cccc[n+]4[O-])C[C@H](c4ccc(CO)cc4)O3)c2)c1)c1ccccc1. The maximum atomic E-state index is 12.6. The average molecular weight is 619 g/mol. The second-order valence-corrected chi connectivity index (χ2v) is 11.9. The van der Waals surface area contributed by atoms with Crippen LogP contribution in [0.25, 0.3) is 11.1 Å². The van der Waals surface area contributed by atoms with Crippen LogP contribution in [0, 0.1) is 5.21 Å². The number of thioether (sulfide) groups is 1. The first-order valence-electron chi connectivity index (χ1n) is 14.9. The summed E-state index contributed by atoms with van der Waals surface area (Å²) in [6.07, 6.45) is 1.12. The highest BCUT2D eigenvalue weighted by Crippen LogP contribution is 2.40. The molecule has 45 heavy (non-hydrogen) atoms. The number of aliphatic hydroxyl groups excluding tert-OH is 1. The van der Waals surface area contributed by atoms with Gasteiger partial charge in [0, 0.05) is 42.0 Å². The highest BCUT2D eigenvalue weighted by Gasteiger charge is 2.33. The topological polar surface area (TPSA) is 94.7 Å². The lowest BCUT2D eigenvalue weighted by Crippen LogP contribution is -2.32. The van der Waals surface area contributed by atoms with Crippen molar-refractivity contribution in [3.05, 3.63) is 161 Å². The minimum atomic E-state index is -0.615. The molecule has 0 unspecified atom stereocenters. The Morgan fingerprint density at radius 3 is 2.36 bits per heavy atom. The minimum absolute atomic E-state index is 0.0174. The lowest BCUT2D eigenvalue weighted by molar-refractivity contribution is -0.645. The van der Waals surface area contributed by atoms with Crippen LogP contribution in [0.1, 0.15) is 51.4 Å². The molecular formula is C37H34N2O5S. The molecule has 2 heterocycles. The summed E-state index contributed by atoms with van der Waals surface area (Å²) >= 11 is 1.47. The number of carbonyl (C=O) groups excluding carboxylic acids is 1. The maximum Gasteiger partial charge on any atom is 0.251 e. The van der Waals surface area contributed by atoms with Crippen LogP contribution < -0.4 is 10.0 Å². The second kappa shape index (κ2) is 14.5. The van der Waals surface area contributed by atoms with Gasteiger partial charge in [0.25, 0.3) is 10.9 Å². The molecule has 3 atom stereocenters. The molecule has 0 saturated carbocycles. The zero-order valence-electron chi connectivity index (χ0n) is 24.6. The fraction of sp³-hybridized carbons (Fsp3) is 0.189. The van der Waals surface area contributed by atoms with Gasteiger partial charge in [0.05, 0.1) is 18.8 Å². The van der Waals surface area contributed by atoms with Gasteiger partial charge in [-0.15, -0.1) is 0 Å². The van der Waals surface area contributed by atoms with E-state index in [4.69, 9.17) is 9.47 Å². The van der Waals surface area contributed by atoms with Crippen LogP contribution in [0.2, 0.25) is 0 Å². The van der Waals surface area contributed by atoms with Crippen LogP contribution in [0.15, 0.2) is 133 Å². The fourth-order valence-electron chi connectivity index (χ4n) is 5.33. The molecule has 4 aromatic carbocycles.